The van der Waals surface area contributed by atoms with E-state index in [9.17, 15) is 9.59 Å². The Morgan fingerprint density at radius 2 is 2.08 bits per heavy atom. The van der Waals surface area contributed by atoms with Gasteiger partial charge < -0.3 is 16.0 Å². The summed E-state index contributed by atoms with van der Waals surface area (Å²) in [7, 11) is 0. The first-order chi connectivity index (χ1) is 12.7. The third kappa shape index (κ3) is 4.89. The molecule has 1 aromatic carbocycles. The van der Waals surface area contributed by atoms with Gasteiger partial charge in [-0.3, -0.25) is 9.59 Å². The number of carbonyl (C=O) groups excluding carboxylic acids is 2. The molecule has 0 aliphatic carbocycles. The molecule has 138 valence electrons. The van der Waals surface area contributed by atoms with Crippen molar-refractivity contribution < 1.29 is 9.59 Å². The lowest BCUT2D eigenvalue weighted by molar-refractivity contribution is -0.130. The Morgan fingerprint density at radius 1 is 1.27 bits per heavy atom. The van der Waals surface area contributed by atoms with Crippen molar-refractivity contribution in [2.45, 2.75) is 31.7 Å². The lowest BCUT2D eigenvalue weighted by Gasteiger charge is -2.17. The van der Waals surface area contributed by atoms with Crippen LogP contribution in [0.5, 0.6) is 0 Å². The van der Waals surface area contributed by atoms with Crippen molar-refractivity contribution in [3.05, 3.63) is 52.0 Å². The van der Waals surface area contributed by atoms with Gasteiger partial charge in [-0.2, -0.15) is 0 Å². The number of hydrogen-bond donors (Lipinski definition) is 2. The van der Waals surface area contributed by atoms with E-state index in [0.29, 0.717) is 38.2 Å². The van der Waals surface area contributed by atoms with Gasteiger partial charge in [0, 0.05) is 37.4 Å². The van der Waals surface area contributed by atoms with E-state index in [1.54, 1.807) is 5.38 Å². The molecule has 1 fully saturated rings. The standard InChI is InChI=1S/C19H24N4O2S/c20-10-8-17-22-16(13-26-17)19(25)21-15-9-11-23(12-15)18(24)7-6-14-4-2-1-3-5-14/h1-5,13,15H,6-12,20H2,(H,21,25). The molecule has 1 atom stereocenters. The number of hydrogen-bond acceptors (Lipinski definition) is 5. The van der Waals surface area contributed by atoms with Gasteiger partial charge in [-0.25, -0.2) is 4.98 Å². The summed E-state index contributed by atoms with van der Waals surface area (Å²) in [5.74, 6) is -0.0300. The predicted octanol–water partition coefficient (Wildman–Crippen LogP) is 1.61. The fraction of sp³-hybridized carbons (Fsp3) is 0.421. The summed E-state index contributed by atoms with van der Waals surface area (Å²) in [5, 5.41) is 5.63. The Labute approximate surface area is 157 Å². The number of aryl methyl sites for hydroxylation is 1. The number of likely N-dealkylation sites (tertiary alicyclic amines) is 1. The van der Waals surface area contributed by atoms with Crippen molar-refractivity contribution in [3.8, 4) is 0 Å². The van der Waals surface area contributed by atoms with Gasteiger partial charge in [-0.05, 0) is 24.9 Å². The fourth-order valence-electron chi connectivity index (χ4n) is 3.07. The fourth-order valence-corrected chi connectivity index (χ4v) is 3.87. The van der Waals surface area contributed by atoms with E-state index < -0.39 is 0 Å². The van der Waals surface area contributed by atoms with Crippen LogP contribution >= 0.6 is 11.3 Å². The second-order valence-electron chi connectivity index (χ2n) is 6.45. The van der Waals surface area contributed by atoms with E-state index in [2.05, 4.69) is 10.3 Å². The smallest absolute Gasteiger partial charge is 0.271 e. The van der Waals surface area contributed by atoms with Gasteiger partial charge in [-0.1, -0.05) is 30.3 Å². The molecular weight excluding hydrogens is 348 g/mol. The van der Waals surface area contributed by atoms with Crippen LogP contribution in [0.2, 0.25) is 0 Å². The first-order valence-electron chi connectivity index (χ1n) is 8.92. The maximum absolute atomic E-state index is 12.4. The molecule has 1 unspecified atom stereocenters. The minimum absolute atomic E-state index is 0.0113. The van der Waals surface area contributed by atoms with E-state index in [1.165, 1.54) is 16.9 Å². The van der Waals surface area contributed by atoms with Gasteiger partial charge >= 0.3 is 0 Å². The average Bonchev–Trinajstić information content (AvgIpc) is 3.31. The Kier molecular flexibility index (Phi) is 6.35. The molecule has 0 bridgehead atoms. The number of aromatic nitrogens is 1. The van der Waals surface area contributed by atoms with Crippen molar-refractivity contribution in [1.82, 2.24) is 15.2 Å². The topological polar surface area (TPSA) is 88.3 Å². The Hall–Kier alpha value is -2.25. The van der Waals surface area contributed by atoms with Crippen LogP contribution in [-0.4, -0.2) is 47.4 Å². The van der Waals surface area contributed by atoms with Crippen LogP contribution in [-0.2, 0) is 17.6 Å². The van der Waals surface area contributed by atoms with Crippen molar-refractivity contribution >= 4 is 23.2 Å². The third-order valence-corrected chi connectivity index (χ3v) is 5.40. The van der Waals surface area contributed by atoms with Crippen LogP contribution in [0.3, 0.4) is 0 Å². The molecule has 3 N–H and O–H groups in total. The van der Waals surface area contributed by atoms with Gasteiger partial charge in [0.05, 0.1) is 5.01 Å². The van der Waals surface area contributed by atoms with Crippen molar-refractivity contribution in [2.75, 3.05) is 19.6 Å². The molecule has 2 aromatic rings. The van der Waals surface area contributed by atoms with E-state index in [0.717, 1.165) is 17.8 Å². The lowest BCUT2D eigenvalue weighted by atomic mass is 10.1. The number of amides is 2. The summed E-state index contributed by atoms with van der Waals surface area (Å²) in [4.78, 5) is 30.8. The maximum Gasteiger partial charge on any atom is 0.271 e. The van der Waals surface area contributed by atoms with E-state index in [-0.39, 0.29) is 17.9 Å². The van der Waals surface area contributed by atoms with Crippen LogP contribution in [0.25, 0.3) is 0 Å². The third-order valence-electron chi connectivity index (χ3n) is 4.49. The normalized spacial score (nSPS) is 16.7. The number of nitrogens with zero attached hydrogens (tertiary/aromatic N) is 2. The van der Waals surface area contributed by atoms with Crippen LogP contribution in [0.15, 0.2) is 35.7 Å². The minimum atomic E-state index is -0.173. The monoisotopic (exact) mass is 372 g/mol. The van der Waals surface area contributed by atoms with Gasteiger partial charge in [-0.15, -0.1) is 11.3 Å². The van der Waals surface area contributed by atoms with Gasteiger partial charge in [0.1, 0.15) is 5.69 Å². The highest BCUT2D eigenvalue weighted by Gasteiger charge is 2.27. The molecule has 1 aliphatic heterocycles. The van der Waals surface area contributed by atoms with Crippen LogP contribution in [0.1, 0.15) is 33.9 Å². The Balaban J connectivity index is 1.45. The van der Waals surface area contributed by atoms with E-state index in [4.69, 9.17) is 5.73 Å². The molecule has 1 aromatic heterocycles. The number of thiazole rings is 1. The Morgan fingerprint density at radius 3 is 2.85 bits per heavy atom. The molecule has 6 nitrogen and oxygen atoms in total. The summed E-state index contributed by atoms with van der Waals surface area (Å²) in [6, 6.07) is 10.0. The average molecular weight is 372 g/mol. The Bertz CT molecular complexity index is 747. The largest absolute Gasteiger partial charge is 0.346 e. The zero-order chi connectivity index (χ0) is 18.4. The first kappa shape index (κ1) is 18.5. The highest BCUT2D eigenvalue weighted by Crippen LogP contribution is 2.14. The first-order valence-corrected chi connectivity index (χ1v) is 9.80. The molecule has 2 heterocycles. The number of nitrogens with one attached hydrogen (secondary N) is 1. The van der Waals surface area contributed by atoms with Crippen molar-refractivity contribution in [2.24, 2.45) is 5.73 Å². The zero-order valence-electron chi connectivity index (χ0n) is 14.7. The SMILES string of the molecule is NCCc1nc(C(=O)NC2CCN(C(=O)CCc3ccccc3)C2)cs1. The lowest BCUT2D eigenvalue weighted by Crippen LogP contribution is -2.38. The number of rotatable bonds is 7. The summed E-state index contributed by atoms with van der Waals surface area (Å²) >= 11 is 1.45. The molecule has 7 heteroatoms. The summed E-state index contributed by atoms with van der Waals surface area (Å²) in [6.45, 7) is 1.78. The highest BCUT2D eigenvalue weighted by molar-refractivity contribution is 7.09. The van der Waals surface area contributed by atoms with E-state index >= 15 is 0 Å². The summed E-state index contributed by atoms with van der Waals surface area (Å²) in [5.41, 5.74) is 7.12. The second kappa shape index (κ2) is 8.91. The molecule has 3 rings (SSSR count). The summed E-state index contributed by atoms with van der Waals surface area (Å²) in [6.07, 6.45) is 2.71. The van der Waals surface area contributed by atoms with Gasteiger partial charge in [0.25, 0.3) is 5.91 Å². The van der Waals surface area contributed by atoms with Crippen molar-refractivity contribution in [1.29, 1.82) is 0 Å². The van der Waals surface area contributed by atoms with Gasteiger partial charge in [0.2, 0.25) is 5.91 Å². The quantitative estimate of drug-likeness (QED) is 0.773. The van der Waals surface area contributed by atoms with Gasteiger partial charge in [0.15, 0.2) is 0 Å². The van der Waals surface area contributed by atoms with E-state index in [1.807, 2.05) is 35.2 Å². The van der Waals surface area contributed by atoms with Crippen LogP contribution in [0.4, 0.5) is 0 Å². The molecule has 26 heavy (non-hydrogen) atoms. The molecule has 0 saturated carbocycles. The van der Waals surface area contributed by atoms with Crippen LogP contribution in [0, 0.1) is 0 Å². The molecule has 0 radical (unpaired) electrons. The number of carbonyl (C=O) groups is 2. The molecule has 1 saturated heterocycles. The van der Waals surface area contributed by atoms with Crippen LogP contribution < -0.4 is 11.1 Å². The second-order valence-corrected chi connectivity index (χ2v) is 7.39. The summed E-state index contributed by atoms with van der Waals surface area (Å²) < 4.78 is 0. The maximum atomic E-state index is 12.4. The molecule has 0 spiro atoms. The van der Waals surface area contributed by atoms with Crippen molar-refractivity contribution in [3.63, 3.8) is 0 Å². The highest BCUT2D eigenvalue weighted by atomic mass is 32.1. The number of benzene rings is 1. The minimum Gasteiger partial charge on any atom is -0.346 e. The number of nitrogens with two attached hydrogens (primary N) is 1. The zero-order valence-corrected chi connectivity index (χ0v) is 15.5. The molecule has 1 aliphatic rings. The predicted molar refractivity (Wildman–Crippen MR) is 102 cm³/mol. The molecule has 2 amide bonds. The molecular formula is C19H24N4O2S.